The minimum Gasteiger partial charge on any atom is -0.379 e. The number of nitrogens with zero attached hydrogens (tertiary/aromatic N) is 2. The van der Waals surface area contributed by atoms with E-state index in [1.54, 1.807) is 0 Å². The van der Waals surface area contributed by atoms with E-state index in [0.717, 1.165) is 38.9 Å². The molecular weight excluding hydrogens is 226 g/mol. The Hall–Kier alpha value is -0.160. The van der Waals surface area contributed by atoms with E-state index in [2.05, 4.69) is 22.0 Å². The van der Waals surface area contributed by atoms with Crippen LogP contribution in [0.2, 0.25) is 0 Å². The lowest BCUT2D eigenvalue weighted by Gasteiger charge is -2.31. The molecule has 0 spiro atoms. The first-order valence-corrected chi connectivity index (χ1v) is 7.65. The van der Waals surface area contributed by atoms with Crippen molar-refractivity contribution >= 4 is 0 Å². The minimum atomic E-state index is 0.776. The lowest BCUT2D eigenvalue weighted by atomic mass is 10.2. The molecule has 0 radical (unpaired) electrons. The van der Waals surface area contributed by atoms with Gasteiger partial charge in [0.2, 0.25) is 0 Å². The Balaban J connectivity index is 1.63. The number of rotatable bonds is 7. The smallest absolute Gasteiger partial charge is 0.0594 e. The van der Waals surface area contributed by atoms with Crippen molar-refractivity contribution in [1.29, 1.82) is 0 Å². The molecule has 2 heterocycles. The molecule has 1 unspecified atom stereocenters. The van der Waals surface area contributed by atoms with E-state index in [4.69, 9.17) is 4.74 Å². The monoisotopic (exact) mass is 255 g/mol. The van der Waals surface area contributed by atoms with Gasteiger partial charge in [-0.1, -0.05) is 6.92 Å². The van der Waals surface area contributed by atoms with Gasteiger partial charge >= 0.3 is 0 Å². The Morgan fingerprint density at radius 1 is 1.17 bits per heavy atom. The van der Waals surface area contributed by atoms with Crippen molar-refractivity contribution in [2.75, 3.05) is 59.0 Å². The minimum absolute atomic E-state index is 0.776. The Kier molecular flexibility index (Phi) is 6.41. The van der Waals surface area contributed by atoms with Crippen LogP contribution in [0.1, 0.15) is 26.2 Å². The fraction of sp³-hybridized carbons (Fsp3) is 1.00. The molecule has 18 heavy (non-hydrogen) atoms. The van der Waals surface area contributed by atoms with Gasteiger partial charge in [-0.2, -0.15) is 0 Å². The van der Waals surface area contributed by atoms with Crippen molar-refractivity contribution in [3.63, 3.8) is 0 Å². The van der Waals surface area contributed by atoms with Gasteiger partial charge in [-0.05, 0) is 32.4 Å². The zero-order valence-corrected chi connectivity index (χ0v) is 11.9. The summed E-state index contributed by atoms with van der Waals surface area (Å²) in [6, 6.07) is 0.776. The lowest BCUT2D eigenvalue weighted by molar-refractivity contribution is 0.0327. The molecule has 0 amide bonds. The third-order valence-electron chi connectivity index (χ3n) is 4.11. The number of ether oxygens (including phenoxy) is 1. The van der Waals surface area contributed by atoms with E-state index in [1.165, 1.54) is 45.4 Å². The highest BCUT2D eigenvalue weighted by Crippen LogP contribution is 2.16. The molecule has 106 valence electrons. The van der Waals surface area contributed by atoms with Crippen molar-refractivity contribution in [3.05, 3.63) is 0 Å². The van der Waals surface area contributed by atoms with E-state index in [1.807, 2.05) is 0 Å². The third-order valence-corrected chi connectivity index (χ3v) is 4.11. The maximum absolute atomic E-state index is 5.39. The molecule has 0 aliphatic carbocycles. The number of morpholine rings is 1. The van der Waals surface area contributed by atoms with Gasteiger partial charge in [0.05, 0.1) is 13.2 Å². The van der Waals surface area contributed by atoms with Crippen LogP contribution in [-0.2, 0) is 4.74 Å². The maximum Gasteiger partial charge on any atom is 0.0594 e. The summed E-state index contributed by atoms with van der Waals surface area (Å²) in [6.07, 6.45) is 3.99. The molecule has 2 aliphatic heterocycles. The fourth-order valence-electron chi connectivity index (χ4n) is 2.96. The van der Waals surface area contributed by atoms with Gasteiger partial charge in [0.25, 0.3) is 0 Å². The molecule has 0 aromatic rings. The molecule has 0 aromatic carbocycles. The van der Waals surface area contributed by atoms with E-state index >= 15 is 0 Å². The second kappa shape index (κ2) is 8.10. The Morgan fingerprint density at radius 3 is 2.78 bits per heavy atom. The first-order chi connectivity index (χ1) is 8.90. The summed E-state index contributed by atoms with van der Waals surface area (Å²) in [5.74, 6) is 0. The first-order valence-electron chi connectivity index (χ1n) is 7.65. The Labute approximate surface area is 112 Å². The summed E-state index contributed by atoms with van der Waals surface area (Å²) in [4.78, 5) is 5.22. The van der Waals surface area contributed by atoms with Crippen LogP contribution in [0.25, 0.3) is 0 Å². The van der Waals surface area contributed by atoms with E-state index in [-0.39, 0.29) is 0 Å². The SMILES string of the molecule is CCCNCC1CCCN1CCN1CCOCC1. The molecule has 2 rings (SSSR count). The molecule has 0 aromatic heterocycles. The molecule has 2 aliphatic rings. The van der Waals surface area contributed by atoms with Gasteiger partial charge in [0.1, 0.15) is 0 Å². The summed E-state index contributed by atoms with van der Waals surface area (Å²) in [5.41, 5.74) is 0. The summed E-state index contributed by atoms with van der Waals surface area (Å²) in [5, 5.41) is 3.57. The van der Waals surface area contributed by atoms with Crippen molar-refractivity contribution in [2.24, 2.45) is 0 Å². The van der Waals surface area contributed by atoms with Crippen LogP contribution in [0.3, 0.4) is 0 Å². The average Bonchev–Trinajstić information content (AvgIpc) is 2.86. The van der Waals surface area contributed by atoms with Crippen LogP contribution in [0.4, 0.5) is 0 Å². The van der Waals surface area contributed by atoms with Gasteiger partial charge in [0.15, 0.2) is 0 Å². The van der Waals surface area contributed by atoms with Crippen molar-refractivity contribution in [3.8, 4) is 0 Å². The van der Waals surface area contributed by atoms with Crippen LogP contribution in [0, 0.1) is 0 Å². The lowest BCUT2D eigenvalue weighted by Crippen LogP contribution is -2.44. The highest BCUT2D eigenvalue weighted by molar-refractivity contribution is 4.81. The number of likely N-dealkylation sites (tertiary alicyclic amines) is 1. The molecule has 4 nitrogen and oxygen atoms in total. The van der Waals surface area contributed by atoms with Crippen LogP contribution < -0.4 is 5.32 Å². The molecule has 0 saturated carbocycles. The maximum atomic E-state index is 5.39. The van der Waals surface area contributed by atoms with E-state index in [9.17, 15) is 0 Å². The Morgan fingerprint density at radius 2 is 2.00 bits per heavy atom. The first kappa shape index (κ1) is 14.3. The predicted molar refractivity (Wildman–Crippen MR) is 75.0 cm³/mol. The number of hydrogen-bond donors (Lipinski definition) is 1. The highest BCUT2D eigenvalue weighted by atomic mass is 16.5. The molecule has 1 atom stereocenters. The van der Waals surface area contributed by atoms with E-state index < -0.39 is 0 Å². The molecule has 2 fully saturated rings. The van der Waals surface area contributed by atoms with Gasteiger partial charge < -0.3 is 10.1 Å². The number of hydrogen-bond acceptors (Lipinski definition) is 4. The zero-order valence-electron chi connectivity index (χ0n) is 11.9. The molecule has 0 bridgehead atoms. The summed E-state index contributed by atoms with van der Waals surface area (Å²) < 4.78 is 5.39. The second-order valence-corrected chi connectivity index (χ2v) is 5.49. The largest absolute Gasteiger partial charge is 0.379 e. The summed E-state index contributed by atoms with van der Waals surface area (Å²) >= 11 is 0. The molecule has 2 saturated heterocycles. The van der Waals surface area contributed by atoms with Crippen molar-refractivity contribution in [1.82, 2.24) is 15.1 Å². The summed E-state index contributed by atoms with van der Waals surface area (Å²) in [7, 11) is 0. The van der Waals surface area contributed by atoms with Crippen LogP contribution in [0.15, 0.2) is 0 Å². The van der Waals surface area contributed by atoms with Crippen LogP contribution >= 0.6 is 0 Å². The van der Waals surface area contributed by atoms with Gasteiger partial charge in [-0.25, -0.2) is 0 Å². The normalized spacial score (nSPS) is 26.8. The fourth-order valence-corrected chi connectivity index (χ4v) is 2.96. The average molecular weight is 255 g/mol. The topological polar surface area (TPSA) is 27.7 Å². The standard InChI is InChI=1S/C14H29N3O/c1-2-5-15-13-14-4-3-6-17(14)8-7-16-9-11-18-12-10-16/h14-15H,2-13H2,1H3. The van der Waals surface area contributed by atoms with Gasteiger partial charge in [0, 0.05) is 38.8 Å². The number of nitrogens with one attached hydrogen (secondary N) is 1. The Bertz CT molecular complexity index is 219. The predicted octanol–water partition coefficient (Wildman–Crippen LogP) is 0.783. The second-order valence-electron chi connectivity index (χ2n) is 5.49. The third kappa shape index (κ3) is 4.50. The molecule has 4 heteroatoms. The van der Waals surface area contributed by atoms with Gasteiger partial charge in [-0.3, -0.25) is 9.80 Å². The highest BCUT2D eigenvalue weighted by Gasteiger charge is 2.24. The van der Waals surface area contributed by atoms with Crippen molar-refractivity contribution < 1.29 is 4.74 Å². The van der Waals surface area contributed by atoms with Gasteiger partial charge in [-0.15, -0.1) is 0 Å². The zero-order chi connectivity index (χ0) is 12.6. The van der Waals surface area contributed by atoms with E-state index in [0.29, 0.717) is 0 Å². The molecule has 1 N–H and O–H groups in total. The van der Waals surface area contributed by atoms with Crippen LogP contribution in [0.5, 0.6) is 0 Å². The quantitative estimate of drug-likeness (QED) is 0.681. The van der Waals surface area contributed by atoms with Crippen molar-refractivity contribution in [2.45, 2.75) is 32.2 Å². The van der Waals surface area contributed by atoms with Crippen LogP contribution in [-0.4, -0.2) is 74.9 Å². The molecular formula is C14H29N3O. The summed E-state index contributed by atoms with van der Waals surface area (Å²) in [6.45, 7) is 12.4.